The van der Waals surface area contributed by atoms with Crippen LogP contribution in [-0.2, 0) is 16.1 Å². The molecule has 0 spiro atoms. The number of aromatic nitrogens is 1. The molecule has 2 heterocycles. The Morgan fingerprint density at radius 1 is 1.21 bits per heavy atom. The summed E-state index contributed by atoms with van der Waals surface area (Å²) in [6, 6.07) is 9.84. The van der Waals surface area contributed by atoms with E-state index in [2.05, 4.69) is 9.88 Å². The van der Waals surface area contributed by atoms with Crippen LogP contribution in [-0.4, -0.2) is 37.2 Å². The average Bonchev–Trinajstić information content (AvgIpc) is 2.62. The summed E-state index contributed by atoms with van der Waals surface area (Å²) in [5, 5.41) is 0. The predicted molar refractivity (Wildman–Crippen MR) is 90.5 cm³/mol. The molecule has 1 aliphatic heterocycles. The van der Waals surface area contributed by atoms with Gasteiger partial charge in [-0.05, 0) is 35.9 Å². The summed E-state index contributed by atoms with van der Waals surface area (Å²) < 4.78 is 18.4. The molecule has 0 N–H and O–H groups in total. The first kappa shape index (κ1) is 16.4. The number of nitrogens with zero attached hydrogens (tertiary/aromatic N) is 3. The molecule has 1 fully saturated rings. The number of hydrogen-bond acceptors (Lipinski definition) is 4. The third kappa shape index (κ3) is 3.89. The molecule has 6 heteroatoms. The summed E-state index contributed by atoms with van der Waals surface area (Å²) in [4.78, 5) is 20.2. The van der Waals surface area contributed by atoms with Crippen molar-refractivity contribution in [3.05, 3.63) is 54.0 Å². The number of morpholine rings is 1. The highest BCUT2D eigenvalue weighted by molar-refractivity contribution is 5.91. The van der Waals surface area contributed by atoms with Crippen LogP contribution >= 0.6 is 0 Å². The summed E-state index contributed by atoms with van der Waals surface area (Å²) >= 11 is 0. The summed E-state index contributed by atoms with van der Waals surface area (Å²) in [6.45, 7) is 5.00. The van der Waals surface area contributed by atoms with E-state index >= 15 is 0 Å². The van der Waals surface area contributed by atoms with Gasteiger partial charge in [-0.2, -0.15) is 0 Å². The second-order valence-electron chi connectivity index (χ2n) is 5.71. The standard InChI is InChI=1S/C18H20FN3O2/c1-14(23)22(17-5-3-16(19)4-6-17)13-15-2-7-18(20-12-15)21-8-10-24-11-9-21/h2-7,12H,8-11,13H2,1H3. The van der Waals surface area contributed by atoms with Crippen LogP contribution < -0.4 is 9.80 Å². The molecule has 126 valence electrons. The van der Waals surface area contributed by atoms with Crippen molar-refractivity contribution in [2.24, 2.45) is 0 Å². The van der Waals surface area contributed by atoms with E-state index in [1.165, 1.54) is 19.1 Å². The first-order chi connectivity index (χ1) is 11.6. The maximum absolute atomic E-state index is 13.1. The fraction of sp³-hybridized carbons (Fsp3) is 0.333. The van der Waals surface area contributed by atoms with Gasteiger partial charge in [-0.15, -0.1) is 0 Å². The van der Waals surface area contributed by atoms with Gasteiger partial charge in [-0.25, -0.2) is 9.37 Å². The second kappa shape index (κ2) is 7.40. The lowest BCUT2D eigenvalue weighted by Crippen LogP contribution is -2.36. The van der Waals surface area contributed by atoms with Crippen LogP contribution in [0.4, 0.5) is 15.9 Å². The molecule has 24 heavy (non-hydrogen) atoms. The van der Waals surface area contributed by atoms with Gasteiger partial charge in [0.05, 0.1) is 19.8 Å². The molecule has 0 unspecified atom stereocenters. The number of carbonyl (C=O) groups excluding carboxylic acids is 1. The minimum Gasteiger partial charge on any atom is -0.378 e. The summed E-state index contributed by atoms with van der Waals surface area (Å²) in [5.41, 5.74) is 1.59. The number of rotatable bonds is 4. The van der Waals surface area contributed by atoms with Gasteiger partial charge in [0.25, 0.3) is 0 Å². The van der Waals surface area contributed by atoms with Gasteiger partial charge in [-0.1, -0.05) is 6.07 Å². The minimum atomic E-state index is -0.321. The quantitative estimate of drug-likeness (QED) is 0.865. The van der Waals surface area contributed by atoms with Gasteiger partial charge >= 0.3 is 0 Å². The fourth-order valence-corrected chi connectivity index (χ4v) is 2.68. The molecule has 1 aromatic heterocycles. The van der Waals surface area contributed by atoms with Crippen molar-refractivity contribution in [1.29, 1.82) is 0 Å². The van der Waals surface area contributed by atoms with Crippen LogP contribution in [0.1, 0.15) is 12.5 Å². The Balaban J connectivity index is 1.73. The van der Waals surface area contributed by atoms with E-state index in [-0.39, 0.29) is 11.7 Å². The first-order valence-electron chi connectivity index (χ1n) is 7.95. The van der Waals surface area contributed by atoms with Crippen LogP contribution in [0.2, 0.25) is 0 Å². The second-order valence-corrected chi connectivity index (χ2v) is 5.71. The van der Waals surface area contributed by atoms with Gasteiger partial charge in [0.1, 0.15) is 11.6 Å². The first-order valence-corrected chi connectivity index (χ1v) is 7.95. The number of halogens is 1. The Hall–Kier alpha value is -2.47. The van der Waals surface area contributed by atoms with E-state index in [1.807, 2.05) is 12.1 Å². The van der Waals surface area contributed by atoms with E-state index in [0.717, 1.165) is 24.5 Å². The average molecular weight is 329 g/mol. The third-order valence-electron chi connectivity index (χ3n) is 4.00. The number of anilines is 2. The number of carbonyl (C=O) groups is 1. The Morgan fingerprint density at radius 2 is 1.92 bits per heavy atom. The minimum absolute atomic E-state index is 0.0983. The zero-order chi connectivity index (χ0) is 16.9. The maximum Gasteiger partial charge on any atom is 0.224 e. The highest BCUT2D eigenvalue weighted by Crippen LogP contribution is 2.19. The largest absolute Gasteiger partial charge is 0.378 e. The molecule has 0 bridgehead atoms. The normalized spacial score (nSPS) is 14.5. The van der Waals surface area contributed by atoms with Crippen LogP contribution in [0.3, 0.4) is 0 Å². The van der Waals surface area contributed by atoms with Gasteiger partial charge in [-0.3, -0.25) is 4.79 Å². The lowest BCUT2D eigenvalue weighted by Gasteiger charge is -2.28. The molecule has 1 aromatic carbocycles. The van der Waals surface area contributed by atoms with Gasteiger partial charge < -0.3 is 14.5 Å². The topological polar surface area (TPSA) is 45.7 Å². The number of amides is 1. The molecule has 0 radical (unpaired) electrons. The molecule has 5 nitrogen and oxygen atoms in total. The molecule has 1 saturated heterocycles. The van der Waals surface area contributed by atoms with Crippen molar-refractivity contribution in [3.63, 3.8) is 0 Å². The van der Waals surface area contributed by atoms with Crippen molar-refractivity contribution in [2.75, 3.05) is 36.1 Å². The molecule has 3 rings (SSSR count). The number of ether oxygens (including phenoxy) is 1. The molecule has 1 amide bonds. The van der Waals surface area contributed by atoms with E-state index in [0.29, 0.717) is 25.4 Å². The van der Waals surface area contributed by atoms with Crippen molar-refractivity contribution in [2.45, 2.75) is 13.5 Å². The predicted octanol–water partition coefficient (Wildman–Crippen LogP) is 2.61. The lowest BCUT2D eigenvalue weighted by molar-refractivity contribution is -0.116. The highest BCUT2D eigenvalue weighted by atomic mass is 19.1. The SMILES string of the molecule is CC(=O)N(Cc1ccc(N2CCOCC2)nc1)c1ccc(F)cc1. The Kier molecular flexibility index (Phi) is 5.05. The van der Waals surface area contributed by atoms with E-state index in [1.54, 1.807) is 23.2 Å². The molecule has 0 atom stereocenters. The summed E-state index contributed by atoms with van der Waals surface area (Å²) in [6.07, 6.45) is 1.78. The number of benzene rings is 1. The van der Waals surface area contributed by atoms with Crippen molar-refractivity contribution < 1.29 is 13.9 Å². The smallest absolute Gasteiger partial charge is 0.224 e. The Labute approximate surface area is 140 Å². The molecule has 0 aliphatic carbocycles. The third-order valence-corrected chi connectivity index (χ3v) is 4.00. The van der Waals surface area contributed by atoms with E-state index in [9.17, 15) is 9.18 Å². The zero-order valence-corrected chi connectivity index (χ0v) is 13.6. The fourth-order valence-electron chi connectivity index (χ4n) is 2.68. The van der Waals surface area contributed by atoms with E-state index in [4.69, 9.17) is 4.74 Å². The summed E-state index contributed by atoms with van der Waals surface area (Å²) in [5.74, 6) is 0.496. The van der Waals surface area contributed by atoms with Crippen molar-refractivity contribution >= 4 is 17.4 Å². The Bertz CT molecular complexity index is 682. The van der Waals surface area contributed by atoms with Crippen molar-refractivity contribution in [3.8, 4) is 0 Å². The van der Waals surface area contributed by atoms with Gasteiger partial charge in [0.15, 0.2) is 0 Å². The van der Waals surface area contributed by atoms with Crippen LogP contribution in [0, 0.1) is 5.82 Å². The molecular weight excluding hydrogens is 309 g/mol. The number of hydrogen-bond donors (Lipinski definition) is 0. The monoisotopic (exact) mass is 329 g/mol. The van der Waals surface area contributed by atoms with Crippen LogP contribution in [0.25, 0.3) is 0 Å². The molecule has 1 aliphatic rings. The summed E-state index contributed by atoms with van der Waals surface area (Å²) in [7, 11) is 0. The van der Waals surface area contributed by atoms with Gasteiger partial charge in [0.2, 0.25) is 5.91 Å². The van der Waals surface area contributed by atoms with Gasteiger partial charge in [0, 0.05) is 31.9 Å². The zero-order valence-electron chi connectivity index (χ0n) is 13.6. The molecule has 0 saturated carbocycles. The molecular formula is C18H20FN3O2. The maximum atomic E-state index is 13.1. The number of pyridine rings is 1. The van der Waals surface area contributed by atoms with Crippen LogP contribution in [0.15, 0.2) is 42.6 Å². The van der Waals surface area contributed by atoms with Crippen molar-refractivity contribution in [1.82, 2.24) is 4.98 Å². The molecule has 2 aromatic rings. The Morgan fingerprint density at radius 3 is 2.50 bits per heavy atom. The van der Waals surface area contributed by atoms with Crippen LogP contribution in [0.5, 0.6) is 0 Å². The highest BCUT2D eigenvalue weighted by Gasteiger charge is 2.15. The lowest BCUT2D eigenvalue weighted by atomic mass is 10.2. The van der Waals surface area contributed by atoms with E-state index < -0.39 is 0 Å².